The number of nitrogens with zero attached hydrogens (tertiary/aromatic N) is 1. The number of aromatic carboxylic acids is 1. The molecule has 1 N–H and O–H groups in total. The second-order valence-electron chi connectivity index (χ2n) is 5.05. The van der Waals surface area contributed by atoms with E-state index in [0.717, 1.165) is 25.2 Å². The summed E-state index contributed by atoms with van der Waals surface area (Å²) in [5.41, 5.74) is -1.06. The molecule has 0 saturated carbocycles. The van der Waals surface area contributed by atoms with E-state index >= 15 is 0 Å². The van der Waals surface area contributed by atoms with Crippen LogP contribution in [0.15, 0.2) is 29.6 Å². The number of aromatic nitrogens is 1. The topological polar surface area (TPSA) is 50.2 Å². The first kappa shape index (κ1) is 15.5. The van der Waals surface area contributed by atoms with Crippen LogP contribution in [0.3, 0.4) is 0 Å². The van der Waals surface area contributed by atoms with Crippen LogP contribution >= 0.6 is 11.3 Å². The quantitative estimate of drug-likeness (QED) is 0.916. The van der Waals surface area contributed by atoms with Crippen molar-refractivity contribution in [3.8, 4) is 11.3 Å². The van der Waals surface area contributed by atoms with Crippen LogP contribution in [0.5, 0.6) is 0 Å². The van der Waals surface area contributed by atoms with Crippen LogP contribution in [0.25, 0.3) is 11.3 Å². The molecule has 1 aromatic heterocycles. The molecule has 3 nitrogen and oxygen atoms in total. The highest BCUT2D eigenvalue weighted by atomic mass is 32.1. The van der Waals surface area contributed by atoms with Crippen LogP contribution in [0, 0.1) is 0 Å². The fraction of sp³-hybridized carbons (Fsp3) is 0.286. The van der Waals surface area contributed by atoms with E-state index in [1.807, 2.05) is 0 Å². The van der Waals surface area contributed by atoms with Crippen LogP contribution < -0.4 is 0 Å². The molecule has 0 atom stereocenters. The lowest BCUT2D eigenvalue weighted by Crippen LogP contribution is -2.36. The molecule has 0 aliphatic rings. The normalized spacial score (nSPS) is 12.4. The highest BCUT2D eigenvalue weighted by molar-refractivity contribution is 7.11. The molecule has 0 aliphatic heterocycles. The Morgan fingerprint density at radius 2 is 1.95 bits per heavy atom. The highest BCUT2D eigenvalue weighted by Gasteiger charge is 2.48. The Bertz CT molecular complexity index is 677. The van der Waals surface area contributed by atoms with Gasteiger partial charge in [0.1, 0.15) is 0 Å². The van der Waals surface area contributed by atoms with Gasteiger partial charge in [0.25, 0.3) is 0 Å². The first-order valence-corrected chi connectivity index (χ1v) is 6.87. The van der Waals surface area contributed by atoms with E-state index in [9.17, 15) is 18.0 Å². The lowest BCUT2D eigenvalue weighted by atomic mass is 9.83. The van der Waals surface area contributed by atoms with Gasteiger partial charge in [0.2, 0.25) is 5.01 Å². The molecular formula is C14H12F3NO2S. The van der Waals surface area contributed by atoms with E-state index in [4.69, 9.17) is 5.11 Å². The maximum atomic E-state index is 13.1. The summed E-state index contributed by atoms with van der Waals surface area (Å²) in [7, 11) is 0. The number of thiazole rings is 1. The van der Waals surface area contributed by atoms with Crippen molar-refractivity contribution in [1.82, 2.24) is 4.98 Å². The molecular weight excluding hydrogens is 303 g/mol. The number of hydrogen-bond acceptors (Lipinski definition) is 3. The number of hydrogen-bond donors (Lipinski definition) is 1. The van der Waals surface area contributed by atoms with Gasteiger partial charge in [0.05, 0.1) is 11.1 Å². The summed E-state index contributed by atoms with van der Waals surface area (Å²) < 4.78 is 39.2. The number of benzene rings is 1. The van der Waals surface area contributed by atoms with Crippen molar-refractivity contribution < 1.29 is 23.1 Å². The summed E-state index contributed by atoms with van der Waals surface area (Å²) in [6, 6.07) is 5.92. The lowest BCUT2D eigenvalue weighted by Gasteiger charge is -2.28. The molecule has 0 aliphatic carbocycles. The fourth-order valence-electron chi connectivity index (χ4n) is 1.74. The standard InChI is InChI=1S/C14H12F3NO2S/c1-13(2,14(15,16)17)9-5-3-4-8(6-9)10-7-21-11(18-10)12(19)20/h3-7H,1-2H3,(H,19,20). The van der Waals surface area contributed by atoms with Crippen molar-refractivity contribution in [2.75, 3.05) is 0 Å². The van der Waals surface area contributed by atoms with Gasteiger partial charge in [-0.25, -0.2) is 9.78 Å². The molecule has 0 saturated heterocycles. The van der Waals surface area contributed by atoms with Crippen LogP contribution in [0.4, 0.5) is 13.2 Å². The molecule has 1 aromatic carbocycles. The van der Waals surface area contributed by atoms with Gasteiger partial charge < -0.3 is 5.11 Å². The van der Waals surface area contributed by atoms with Gasteiger partial charge in [-0.05, 0) is 25.5 Å². The molecule has 0 fully saturated rings. The molecule has 0 unspecified atom stereocenters. The number of rotatable bonds is 3. The minimum Gasteiger partial charge on any atom is -0.476 e. The van der Waals surface area contributed by atoms with E-state index in [-0.39, 0.29) is 10.6 Å². The van der Waals surface area contributed by atoms with Gasteiger partial charge in [-0.2, -0.15) is 13.2 Å². The van der Waals surface area contributed by atoms with Crippen LogP contribution in [-0.2, 0) is 5.41 Å². The third-order valence-electron chi connectivity index (χ3n) is 3.28. The Morgan fingerprint density at radius 3 is 2.48 bits per heavy atom. The van der Waals surface area contributed by atoms with E-state index in [0.29, 0.717) is 11.3 Å². The lowest BCUT2D eigenvalue weighted by molar-refractivity contribution is -0.180. The molecule has 0 amide bonds. The highest BCUT2D eigenvalue weighted by Crippen LogP contribution is 2.41. The minimum atomic E-state index is -4.38. The molecule has 21 heavy (non-hydrogen) atoms. The van der Waals surface area contributed by atoms with Crippen molar-refractivity contribution in [1.29, 1.82) is 0 Å². The number of alkyl halides is 3. The second kappa shape index (κ2) is 5.14. The SMILES string of the molecule is CC(C)(c1cccc(-c2csc(C(=O)O)n2)c1)C(F)(F)F. The molecule has 112 valence electrons. The molecule has 0 radical (unpaired) electrons. The summed E-state index contributed by atoms with van der Waals surface area (Å²) in [5, 5.41) is 10.3. The predicted octanol–water partition coefficient (Wildman–Crippen LogP) is 4.35. The summed E-state index contributed by atoms with van der Waals surface area (Å²) in [6.07, 6.45) is -4.38. The van der Waals surface area contributed by atoms with Crippen LogP contribution in [-0.4, -0.2) is 22.2 Å². The zero-order valence-corrected chi connectivity index (χ0v) is 12.0. The zero-order chi connectivity index (χ0) is 15.8. The van der Waals surface area contributed by atoms with Crippen molar-refractivity contribution in [2.45, 2.75) is 25.4 Å². The van der Waals surface area contributed by atoms with Gasteiger partial charge in [-0.15, -0.1) is 11.3 Å². The molecule has 7 heteroatoms. The van der Waals surface area contributed by atoms with Gasteiger partial charge in [0.15, 0.2) is 0 Å². The monoisotopic (exact) mass is 315 g/mol. The number of carbonyl (C=O) groups is 1. The largest absolute Gasteiger partial charge is 0.476 e. The van der Waals surface area contributed by atoms with Crippen LogP contribution in [0.1, 0.15) is 29.2 Å². The van der Waals surface area contributed by atoms with Crippen molar-refractivity contribution in [3.63, 3.8) is 0 Å². The molecule has 2 aromatic rings. The maximum absolute atomic E-state index is 13.1. The van der Waals surface area contributed by atoms with Crippen molar-refractivity contribution in [2.24, 2.45) is 0 Å². The molecule has 0 bridgehead atoms. The number of halogens is 3. The van der Waals surface area contributed by atoms with Gasteiger partial charge in [0, 0.05) is 10.9 Å². The first-order chi connectivity index (χ1) is 9.63. The van der Waals surface area contributed by atoms with Gasteiger partial charge in [-0.3, -0.25) is 0 Å². The van der Waals surface area contributed by atoms with Gasteiger partial charge >= 0.3 is 12.1 Å². The predicted molar refractivity (Wildman–Crippen MR) is 73.6 cm³/mol. The summed E-state index contributed by atoms with van der Waals surface area (Å²) in [6.45, 7) is 2.21. The Labute approximate surface area is 123 Å². The second-order valence-corrected chi connectivity index (χ2v) is 5.90. The minimum absolute atomic E-state index is 0.0921. The third kappa shape index (κ3) is 2.92. The Balaban J connectivity index is 2.44. The average molecular weight is 315 g/mol. The Morgan fingerprint density at radius 1 is 1.29 bits per heavy atom. The Hall–Kier alpha value is -1.89. The summed E-state index contributed by atoms with van der Waals surface area (Å²) in [4.78, 5) is 14.7. The van der Waals surface area contributed by atoms with Crippen molar-refractivity contribution >= 4 is 17.3 Å². The Kier molecular flexibility index (Phi) is 3.79. The third-order valence-corrected chi connectivity index (χ3v) is 4.11. The van der Waals surface area contributed by atoms with Crippen LogP contribution in [0.2, 0.25) is 0 Å². The van der Waals surface area contributed by atoms with E-state index < -0.39 is 17.6 Å². The maximum Gasteiger partial charge on any atom is 0.397 e. The summed E-state index contributed by atoms with van der Waals surface area (Å²) in [5.74, 6) is -1.15. The number of carboxylic acids is 1. The average Bonchev–Trinajstić information content (AvgIpc) is 2.87. The van der Waals surface area contributed by atoms with Crippen molar-refractivity contribution in [3.05, 3.63) is 40.2 Å². The molecule has 2 rings (SSSR count). The number of carboxylic acid groups (broad SMARTS) is 1. The molecule has 1 heterocycles. The summed E-state index contributed by atoms with van der Waals surface area (Å²) >= 11 is 0.939. The van der Waals surface area contributed by atoms with E-state index in [2.05, 4.69) is 4.98 Å². The van der Waals surface area contributed by atoms with E-state index in [1.54, 1.807) is 6.07 Å². The molecule has 0 spiro atoms. The van der Waals surface area contributed by atoms with Gasteiger partial charge in [-0.1, -0.05) is 18.2 Å². The first-order valence-electron chi connectivity index (χ1n) is 5.99. The fourth-order valence-corrected chi connectivity index (χ4v) is 2.40. The zero-order valence-electron chi connectivity index (χ0n) is 11.2. The smallest absolute Gasteiger partial charge is 0.397 e. The van der Waals surface area contributed by atoms with E-state index in [1.165, 1.54) is 23.6 Å².